The molecule has 2 aromatic rings. The van der Waals surface area contributed by atoms with Crippen molar-refractivity contribution in [1.82, 2.24) is 14.8 Å². The summed E-state index contributed by atoms with van der Waals surface area (Å²) in [6.45, 7) is 2.38. The number of hydrogen-bond donors (Lipinski definition) is 1. The number of nitrogens with one attached hydrogen (secondary N) is 1. The molecular formula is C12H15FN4O. The van der Waals surface area contributed by atoms with Crippen LogP contribution in [0, 0.1) is 12.7 Å². The Morgan fingerprint density at radius 1 is 1.39 bits per heavy atom. The normalized spacial score (nSPS) is 10.4. The molecule has 0 aliphatic rings. The molecule has 0 radical (unpaired) electrons. The van der Waals surface area contributed by atoms with Gasteiger partial charge in [0.1, 0.15) is 17.4 Å². The molecule has 0 aliphatic heterocycles. The van der Waals surface area contributed by atoms with E-state index >= 15 is 0 Å². The smallest absolute Gasteiger partial charge is 0.152 e. The van der Waals surface area contributed by atoms with Crippen molar-refractivity contribution >= 4 is 5.69 Å². The summed E-state index contributed by atoms with van der Waals surface area (Å²) in [7, 11) is 3.40. The molecular weight excluding hydrogens is 235 g/mol. The van der Waals surface area contributed by atoms with E-state index in [1.165, 1.54) is 19.2 Å². The van der Waals surface area contributed by atoms with Gasteiger partial charge in [-0.2, -0.15) is 0 Å². The number of benzene rings is 1. The Bertz CT molecular complexity index is 553. The monoisotopic (exact) mass is 250 g/mol. The average Bonchev–Trinajstić information content (AvgIpc) is 2.68. The Labute approximate surface area is 105 Å². The van der Waals surface area contributed by atoms with Gasteiger partial charge in [-0.1, -0.05) is 0 Å². The molecule has 18 heavy (non-hydrogen) atoms. The van der Waals surface area contributed by atoms with Gasteiger partial charge in [-0.15, -0.1) is 10.2 Å². The van der Waals surface area contributed by atoms with Crippen LogP contribution in [0.4, 0.5) is 10.1 Å². The summed E-state index contributed by atoms with van der Waals surface area (Å²) >= 11 is 0. The lowest BCUT2D eigenvalue weighted by molar-refractivity contribution is 0.413. The Kier molecular flexibility index (Phi) is 3.45. The second-order valence-corrected chi connectivity index (χ2v) is 3.92. The number of hydrogen-bond acceptors (Lipinski definition) is 4. The van der Waals surface area contributed by atoms with Crippen molar-refractivity contribution < 1.29 is 9.13 Å². The fourth-order valence-electron chi connectivity index (χ4n) is 1.59. The Morgan fingerprint density at radius 2 is 2.17 bits per heavy atom. The van der Waals surface area contributed by atoms with Crippen LogP contribution >= 0.6 is 0 Å². The van der Waals surface area contributed by atoms with Crippen molar-refractivity contribution in [2.45, 2.75) is 13.5 Å². The lowest BCUT2D eigenvalue weighted by Gasteiger charge is -2.10. The average molecular weight is 250 g/mol. The van der Waals surface area contributed by atoms with Gasteiger partial charge < -0.3 is 14.6 Å². The van der Waals surface area contributed by atoms with Gasteiger partial charge in [0.2, 0.25) is 0 Å². The van der Waals surface area contributed by atoms with Crippen molar-refractivity contribution in [3.63, 3.8) is 0 Å². The maximum atomic E-state index is 13.0. The summed E-state index contributed by atoms with van der Waals surface area (Å²) < 4.78 is 20.0. The molecule has 1 heterocycles. The Balaban J connectivity index is 2.13. The first-order chi connectivity index (χ1) is 8.61. The van der Waals surface area contributed by atoms with Gasteiger partial charge in [-0.3, -0.25) is 0 Å². The molecule has 1 aromatic carbocycles. The van der Waals surface area contributed by atoms with Gasteiger partial charge in [0.05, 0.1) is 19.3 Å². The van der Waals surface area contributed by atoms with Crippen molar-refractivity contribution in [3.05, 3.63) is 35.7 Å². The lowest BCUT2D eigenvalue weighted by atomic mass is 10.3. The molecule has 0 fully saturated rings. The highest BCUT2D eigenvalue weighted by atomic mass is 19.1. The molecule has 0 amide bonds. The molecule has 0 saturated carbocycles. The van der Waals surface area contributed by atoms with E-state index in [-0.39, 0.29) is 5.82 Å². The lowest BCUT2D eigenvalue weighted by Crippen LogP contribution is -2.07. The van der Waals surface area contributed by atoms with Crippen LogP contribution in [-0.4, -0.2) is 21.9 Å². The highest BCUT2D eigenvalue weighted by Gasteiger charge is 2.07. The van der Waals surface area contributed by atoms with Crippen LogP contribution < -0.4 is 10.1 Å². The standard InChI is InChI=1S/C12H15FN4O/c1-8-15-16-12(17(8)2)7-14-10-5-4-9(13)6-11(10)18-3/h4-6,14H,7H2,1-3H3. The number of methoxy groups -OCH3 is 1. The molecule has 0 spiro atoms. The first-order valence-electron chi connectivity index (χ1n) is 5.54. The van der Waals surface area contributed by atoms with E-state index in [2.05, 4.69) is 15.5 Å². The molecule has 1 aromatic heterocycles. The van der Waals surface area contributed by atoms with E-state index in [4.69, 9.17) is 4.74 Å². The molecule has 2 rings (SSSR count). The third-order valence-electron chi connectivity index (χ3n) is 2.78. The number of nitrogens with zero attached hydrogens (tertiary/aromatic N) is 3. The van der Waals surface area contributed by atoms with Crippen molar-refractivity contribution in [2.24, 2.45) is 7.05 Å². The highest BCUT2D eigenvalue weighted by molar-refractivity contribution is 5.56. The predicted molar refractivity (Wildman–Crippen MR) is 66.0 cm³/mol. The fraction of sp³-hybridized carbons (Fsp3) is 0.333. The number of ether oxygens (including phenoxy) is 1. The molecule has 0 aliphatic carbocycles. The number of aryl methyl sites for hydroxylation is 1. The molecule has 1 N–H and O–H groups in total. The fourth-order valence-corrected chi connectivity index (χ4v) is 1.59. The SMILES string of the molecule is COc1cc(F)ccc1NCc1nnc(C)n1C. The van der Waals surface area contributed by atoms with E-state index in [1.54, 1.807) is 6.07 Å². The van der Waals surface area contributed by atoms with Crippen LogP contribution in [0.1, 0.15) is 11.6 Å². The third-order valence-corrected chi connectivity index (χ3v) is 2.78. The Hall–Kier alpha value is -2.11. The largest absolute Gasteiger partial charge is 0.494 e. The zero-order valence-electron chi connectivity index (χ0n) is 10.6. The number of aromatic nitrogens is 3. The zero-order valence-corrected chi connectivity index (χ0v) is 10.6. The number of halogens is 1. The summed E-state index contributed by atoms with van der Waals surface area (Å²) in [6.07, 6.45) is 0. The first-order valence-corrected chi connectivity index (χ1v) is 5.54. The van der Waals surface area contributed by atoms with E-state index < -0.39 is 0 Å². The summed E-state index contributed by atoms with van der Waals surface area (Å²) in [5.74, 6) is 1.79. The minimum absolute atomic E-state index is 0.327. The van der Waals surface area contributed by atoms with Crippen LogP contribution in [0.2, 0.25) is 0 Å². The summed E-state index contributed by atoms with van der Waals surface area (Å²) in [5, 5.41) is 11.2. The van der Waals surface area contributed by atoms with Gasteiger partial charge in [0, 0.05) is 13.1 Å². The summed E-state index contributed by atoms with van der Waals surface area (Å²) in [6, 6.07) is 4.36. The van der Waals surface area contributed by atoms with Crippen LogP contribution in [-0.2, 0) is 13.6 Å². The second kappa shape index (κ2) is 5.03. The van der Waals surface area contributed by atoms with Crippen LogP contribution in [0.3, 0.4) is 0 Å². The predicted octanol–water partition coefficient (Wildman–Crippen LogP) is 1.88. The molecule has 0 unspecified atom stereocenters. The minimum Gasteiger partial charge on any atom is -0.494 e. The zero-order chi connectivity index (χ0) is 13.1. The number of rotatable bonds is 4. The topological polar surface area (TPSA) is 52.0 Å². The molecule has 0 bridgehead atoms. The maximum absolute atomic E-state index is 13.0. The molecule has 6 heteroatoms. The minimum atomic E-state index is -0.327. The van der Waals surface area contributed by atoms with E-state index in [0.717, 1.165) is 17.3 Å². The van der Waals surface area contributed by atoms with Gasteiger partial charge in [-0.25, -0.2) is 4.39 Å². The van der Waals surface area contributed by atoms with Crippen molar-refractivity contribution in [1.29, 1.82) is 0 Å². The van der Waals surface area contributed by atoms with Crippen LogP contribution in [0.25, 0.3) is 0 Å². The van der Waals surface area contributed by atoms with E-state index in [0.29, 0.717) is 12.3 Å². The molecule has 5 nitrogen and oxygen atoms in total. The molecule has 0 saturated heterocycles. The Morgan fingerprint density at radius 3 is 2.78 bits per heavy atom. The van der Waals surface area contributed by atoms with E-state index in [1.807, 2.05) is 18.5 Å². The van der Waals surface area contributed by atoms with Gasteiger partial charge in [-0.05, 0) is 19.1 Å². The van der Waals surface area contributed by atoms with E-state index in [9.17, 15) is 4.39 Å². The van der Waals surface area contributed by atoms with Gasteiger partial charge >= 0.3 is 0 Å². The third kappa shape index (κ3) is 2.42. The number of anilines is 1. The molecule has 96 valence electrons. The van der Waals surface area contributed by atoms with Gasteiger partial charge in [0.15, 0.2) is 5.82 Å². The van der Waals surface area contributed by atoms with Crippen molar-refractivity contribution in [2.75, 3.05) is 12.4 Å². The summed E-state index contributed by atoms with van der Waals surface area (Å²) in [5.41, 5.74) is 0.722. The maximum Gasteiger partial charge on any atom is 0.152 e. The second-order valence-electron chi connectivity index (χ2n) is 3.92. The van der Waals surface area contributed by atoms with Crippen LogP contribution in [0.15, 0.2) is 18.2 Å². The van der Waals surface area contributed by atoms with Crippen LogP contribution in [0.5, 0.6) is 5.75 Å². The highest BCUT2D eigenvalue weighted by Crippen LogP contribution is 2.25. The van der Waals surface area contributed by atoms with Crippen molar-refractivity contribution in [3.8, 4) is 5.75 Å². The van der Waals surface area contributed by atoms with Gasteiger partial charge in [0.25, 0.3) is 0 Å². The summed E-state index contributed by atoms with van der Waals surface area (Å²) in [4.78, 5) is 0. The molecule has 0 atom stereocenters. The first kappa shape index (κ1) is 12.3. The quantitative estimate of drug-likeness (QED) is 0.900.